The fraction of sp³-hybridized carbons (Fsp3) is 0.211. The number of benzene rings is 2. The molecule has 130 valence electrons. The van der Waals surface area contributed by atoms with Crippen molar-refractivity contribution in [3.8, 4) is 0 Å². The van der Waals surface area contributed by atoms with E-state index in [1.165, 1.54) is 7.05 Å². The molecule has 0 aromatic heterocycles. The van der Waals surface area contributed by atoms with Crippen molar-refractivity contribution < 1.29 is 19.1 Å². The van der Waals surface area contributed by atoms with Crippen LogP contribution in [0.5, 0.6) is 0 Å². The lowest BCUT2D eigenvalue weighted by Crippen LogP contribution is -2.41. The Morgan fingerprint density at radius 1 is 1.00 bits per heavy atom. The molecule has 0 saturated carbocycles. The molecule has 25 heavy (non-hydrogen) atoms. The maximum atomic E-state index is 12.6. The lowest BCUT2D eigenvalue weighted by molar-refractivity contribution is -0.129. The van der Waals surface area contributed by atoms with Crippen molar-refractivity contribution in [2.45, 2.75) is 20.0 Å². The van der Waals surface area contributed by atoms with E-state index in [2.05, 4.69) is 10.6 Å². The van der Waals surface area contributed by atoms with Crippen molar-refractivity contribution >= 4 is 17.9 Å². The highest BCUT2D eigenvalue weighted by Gasteiger charge is 2.27. The zero-order valence-corrected chi connectivity index (χ0v) is 14.3. The third-order valence-electron chi connectivity index (χ3n) is 3.64. The zero-order chi connectivity index (χ0) is 18.4. The number of urea groups is 1. The molecule has 0 aliphatic rings. The summed E-state index contributed by atoms with van der Waals surface area (Å²) in [4.78, 5) is 36.4. The first-order valence-electron chi connectivity index (χ1n) is 7.78. The Hall–Kier alpha value is -3.15. The first-order valence-corrected chi connectivity index (χ1v) is 7.78. The van der Waals surface area contributed by atoms with Gasteiger partial charge in [-0.3, -0.25) is 10.1 Å². The molecular formula is C19H20N2O4. The molecule has 3 amide bonds. The number of amides is 3. The number of hydrogen-bond acceptors (Lipinski definition) is 4. The van der Waals surface area contributed by atoms with Crippen molar-refractivity contribution in [1.29, 1.82) is 0 Å². The summed E-state index contributed by atoms with van der Waals surface area (Å²) >= 11 is 0. The molecule has 0 unspecified atom stereocenters. The van der Waals surface area contributed by atoms with E-state index >= 15 is 0 Å². The standard InChI is InChI=1S/C19H20N2O4/c1-12-9-10-13(2)15(11-12)18(23)25-16(14-7-5-4-6-8-14)17(22)21-19(24)20-3/h4-11,16H,1-3H3,(H2,20,21,22,24)/t16-/m0/s1. The van der Waals surface area contributed by atoms with Crippen LogP contribution in [0.1, 0.15) is 33.2 Å². The number of rotatable bonds is 4. The predicted octanol–water partition coefficient (Wildman–Crippen LogP) is 2.66. The van der Waals surface area contributed by atoms with Crippen LogP contribution in [-0.4, -0.2) is 25.0 Å². The van der Waals surface area contributed by atoms with Gasteiger partial charge in [-0.15, -0.1) is 0 Å². The Morgan fingerprint density at radius 3 is 2.32 bits per heavy atom. The number of carbonyl (C=O) groups is 3. The van der Waals surface area contributed by atoms with Crippen LogP contribution in [0.2, 0.25) is 0 Å². The minimum absolute atomic E-state index is 0.383. The van der Waals surface area contributed by atoms with E-state index in [-0.39, 0.29) is 0 Å². The molecule has 0 bridgehead atoms. The van der Waals surface area contributed by atoms with Crippen LogP contribution in [0, 0.1) is 13.8 Å². The first-order chi connectivity index (χ1) is 11.9. The van der Waals surface area contributed by atoms with E-state index < -0.39 is 24.0 Å². The fourth-order valence-corrected chi connectivity index (χ4v) is 2.27. The number of imide groups is 1. The SMILES string of the molecule is CNC(=O)NC(=O)[C@@H](OC(=O)c1cc(C)ccc1C)c1ccccc1. The summed E-state index contributed by atoms with van der Waals surface area (Å²) in [6.07, 6.45) is -1.23. The Labute approximate surface area is 146 Å². The second kappa shape index (κ2) is 8.10. The molecule has 0 fully saturated rings. The highest BCUT2D eigenvalue weighted by molar-refractivity contribution is 5.99. The quantitative estimate of drug-likeness (QED) is 0.838. The molecule has 2 aromatic rings. The molecule has 2 aromatic carbocycles. The van der Waals surface area contributed by atoms with Gasteiger partial charge in [0.15, 0.2) is 0 Å². The molecule has 1 atom stereocenters. The van der Waals surface area contributed by atoms with Gasteiger partial charge in [0.2, 0.25) is 6.10 Å². The molecule has 6 nitrogen and oxygen atoms in total. The van der Waals surface area contributed by atoms with Crippen LogP contribution in [0.25, 0.3) is 0 Å². The van der Waals surface area contributed by atoms with Crippen LogP contribution in [0.15, 0.2) is 48.5 Å². The van der Waals surface area contributed by atoms with E-state index in [1.807, 2.05) is 19.1 Å². The second-order valence-electron chi connectivity index (χ2n) is 5.58. The van der Waals surface area contributed by atoms with Crippen LogP contribution < -0.4 is 10.6 Å². The Balaban J connectivity index is 2.29. The van der Waals surface area contributed by atoms with Gasteiger partial charge in [-0.2, -0.15) is 0 Å². The first kappa shape index (κ1) is 18.2. The molecule has 2 N–H and O–H groups in total. The number of esters is 1. The molecule has 0 radical (unpaired) electrons. The molecule has 0 heterocycles. The smallest absolute Gasteiger partial charge is 0.339 e. The Bertz CT molecular complexity index is 787. The summed E-state index contributed by atoms with van der Waals surface area (Å²) < 4.78 is 5.43. The Morgan fingerprint density at radius 2 is 1.68 bits per heavy atom. The van der Waals surface area contributed by atoms with Crippen molar-refractivity contribution in [1.82, 2.24) is 10.6 Å². The zero-order valence-electron chi connectivity index (χ0n) is 14.3. The second-order valence-corrected chi connectivity index (χ2v) is 5.58. The Kier molecular flexibility index (Phi) is 5.89. The van der Waals surface area contributed by atoms with Gasteiger partial charge >= 0.3 is 12.0 Å². The van der Waals surface area contributed by atoms with Gasteiger partial charge in [0, 0.05) is 12.6 Å². The number of hydrogen-bond donors (Lipinski definition) is 2. The van der Waals surface area contributed by atoms with Crippen LogP contribution >= 0.6 is 0 Å². The minimum atomic E-state index is -1.23. The van der Waals surface area contributed by atoms with Crippen LogP contribution in [0.3, 0.4) is 0 Å². The van der Waals surface area contributed by atoms with Crippen molar-refractivity contribution in [2.75, 3.05) is 7.05 Å². The number of nitrogens with one attached hydrogen (secondary N) is 2. The van der Waals surface area contributed by atoms with E-state index in [9.17, 15) is 14.4 Å². The molecule has 0 saturated heterocycles. The van der Waals surface area contributed by atoms with E-state index in [0.29, 0.717) is 11.1 Å². The monoisotopic (exact) mass is 340 g/mol. The summed E-state index contributed by atoms with van der Waals surface area (Å²) in [7, 11) is 1.39. The molecule has 2 rings (SSSR count). The lowest BCUT2D eigenvalue weighted by Gasteiger charge is -2.18. The van der Waals surface area contributed by atoms with Gasteiger partial charge < -0.3 is 10.1 Å². The van der Waals surface area contributed by atoms with Crippen molar-refractivity contribution in [2.24, 2.45) is 0 Å². The average molecular weight is 340 g/mol. The molecular weight excluding hydrogens is 320 g/mol. The number of ether oxygens (including phenoxy) is 1. The average Bonchev–Trinajstić information content (AvgIpc) is 2.61. The molecule has 6 heteroatoms. The van der Waals surface area contributed by atoms with Gasteiger partial charge in [0.1, 0.15) is 0 Å². The number of carbonyl (C=O) groups excluding carboxylic acids is 3. The van der Waals surface area contributed by atoms with Crippen molar-refractivity contribution in [3.63, 3.8) is 0 Å². The minimum Gasteiger partial charge on any atom is -0.444 e. The van der Waals surface area contributed by atoms with Crippen LogP contribution in [0.4, 0.5) is 4.79 Å². The largest absolute Gasteiger partial charge is 0.444 e. The lowest BCUT2D eigenvalue weighted by atomic mass is 10.1. The van der Waals surface area contributed by atoms with E-state index in [0.717, 1.165) is 11.1 Å². The maximum Gasteiger partial charge on any atom is 0.339 e. The molecule has 0 aliphatic carbocycles. The van der Waals surface area contributed by atoms with E-state index in [4.69, 9.17) is 4.74 Å². The summed E-state index contributed by atoms with van der Waals surface area (Å²) in [5, 5.41) is 4.44. The normalized spacial score (nSPS) is 11.3. The molecule has 0 spiro atoms. The summed E-state index contributed by atoms with van der Waals surface area (Å²) in [6, 6.07) is 13.3. The van der Waals surface area contributed by atoms with Gasteiger partial charge in [0.25, 0.3) is 5.91 Å². The number of aryl methyl sites for hydroxylation is 2. The summed E-state index contributed by atoms with van der Waals surface area (Å²) in [5.41, 5.74) is 2.51. The highest BCUT2D eigenvalue weighted by atomic mass is 16.5. The summed E-state index contributed by atoms with van der Waals surface area (Å²) in [6.45, 7) is 3.65. The maximum absolute atomic E-state index is 12.6. The third kappa shape index (κ3) is 4.67. The van der Waals surface area contributed by atoms with Gasteiger partial charge in [0.05, 0.1) is 5.56 Å². The van der Waals surface area contributed by atoms with Gasteiger partial charge in [-0.1, -0.05) is 48.0 Å². The van der Waals surface area contributed by atoms with Crippen molar-refractivity contribution in [3.05, 3.63) is 70.8 Å². The highest BCUT2D eigenvalue weighted by Crippen LogP contribution is 2.21. The molecule has 0 aliphatic heterocycles. The fourth-order valence-electron chi connectivity index (χ4n) is 2.27. The van der Waals surface area contributed by atoms with E-state index in [1.54, 1.807) is 43.3 Å². The topological polar surface area (TPSA) is 84.5 Å². The summed E-state index contributed by atoms with van der Waals surface area (Å²) in [5.74, 6) is -1.34. The van der Waals surface area contributed by atoms with Crippen LogP contribution in [-0.2, 0) is 9.53 Å². The van der Waals surface area contributed by atoms with Gasteiger partial charge in [-0.05, 0) is 25.5 Å². The van der Waals surface area contributed by atoms with Gasteiger partial charge in [-0.25, -0.2) is 9.59 Å². The predicted molar refractivity (Wildman–Crippen MR) is 93.1 cm³/mol. The third-order valence-corrected chi connectivity index (χ3v) is 3.64.